The Labute approximate surface area is 156 Å². The van der Waals surface area contributed by atoms with E-state index in [0.29, 0.717) is 13.0 Å². The molecule has 0 atom stereocenters. The summed E-state index contributed by atoms with van der Waals surface area (Å²) in [5.41, 5.74) is 2.83. The van der Waals surface area contributed by atoms with Gasteiger partial charge >= 0.3 is 6.36 Å². The highest BCUT2D eigenvalue weighted by Gasteiger charge is 2.31. The Bertz CT molecular complexity index is 791. The summed E-state index contributed by atoms with van der Waals surface area (Å²) >= 11 is 0. The number of ether oxygens (including phenoxy) is 1. The number of amides is 1. The van der Waals surface area contributed by atoms with Crippen LogP contribution in [-0.4, -0.2) is 37.3 Å². The lowest BCUT2D eigenvalue weighted by molar-refractivity contribution is -0.274. The maximum Gasteiger partial charge on any atom is 0.573 e. The molecule has 2 aromatic carbocycles. The Morgan fingerprint density at radius 2 is 1.78 bits per heavy atom. The van der Waals surface area contributed by atoms with Gasteiger partial charge < -0.3 is 14.5 Å². The predicted molar refractivity (Wildman–Crippen MR) is 96.6 cm³/mol. The van der Waals surface area contributed by atoms with Crippen molar-refractivity contribution in [2.24, 2.45) is 0 Å². The van der Waals surface area contributed by atoms with Gasteiger partial charge in [0.15, 0.2) is 0 Å². The summed E-state index contributed by atoms with van der Waals surface area (Å²) < 4.78 is 40.5. The fraction of sp³-hybridized carbons (Fsp3) is 0.350. The highest BCUT2D eigenvalue weighted by Crippen LogP contribution is 2.26. The third-order valence-corrected chi connectivity index (χ3v) is 4.51. The summed E-state index contributed by atoms with van der Waals surface area (Å²) in [6, 6.07) is 13.5. The summed E-state index contributed by atoms with van der Waals surface area (Å²) in [6.45, 7) is 2.19. The average molecular weight is 378 g/mol. The van der Waals surface area contributed by atoms with Gasteiger partial charge in [-0.15, -0.1) is 13.2 Å². The van der Waals surface area contributed by atoms with Crippen LogP contribution >= 0.6 is 0 Å². The van der Waals surface area contributed by atoms with Gasteiger partial charge in [0.25, 0.3) is 0 Å². The number of hydrogen-bond donors (Lipinski definition) is 0. The summed E-state index contributed by atoms with van der Waals surface area (Å²) in [4.78, 5) is 16.8. The number of alkyl halides is 3. The Kier molecular flexibility index (Phi) is 5.70. The summed E-state index contributed by atoms with van der Waals surface area (Å²) in [7, 11) is 2.02. The first-order valence-electron chi connectivity index (χ1n) is 8.73. The van der Waals surface area contributed by atoms with Crippen molar-refractivity contribution in [1.29, 1.82) is 0 Å². The van der Waals surface area contributed by atoms with Crippen LogP contribution in [0.25, 0.3) is 0 Å². The van der Waals surface area contributed by atoms with Crippen molar-refractivity contribution in [3.63, 3.8) is 0 Å². The molecule has 0 aromatic heterocycles. The number of hydrogen-bond acceptors (Lipinski definition) is 3. The van der Waals surface area contributed by atoms with E-state index >= 15 is 0 Å². The Hall–Kier alpha value is -2.54. The second kappa shape index (κ2) is 8.00. The molecule has 1 heterocycles. The Morgan fingerprint density at radius 3 is 2.48 bits per heavy atom. The van der Waals surface area contributed by atoms with Crippen LogP contribution in [0.4, 0.5) is 18.9 Å². The van der Waals surface area contributed by atoms with E-state index in [0.717, 1.165) is 29.9 Å². The van der Waals surface area contributed by atoms with Crippen LogP contribution in [-0.2, 0) is 17.8 Å². The lowest BCUT2D eigenvalue weighted by Gasteiger charge is -2.22. The molecule has 0 unspecified atom stereocenters. The molecule has 0 saturated heterocycles. The van der Waals surface area contributed by atoms with Crippen molar-refractivity contribution in [1.82, 2.24) is 4.90 Å². The summed E-state index contributed by atoms with van der Waals surface area (Å²) in [5, 5.41) is 0. The van der Waals surface area contributed by atoms with Crippen LogP contribution in [0, 0.1) is 0 Å². The van der Waals surface area contributed by atoms with Crippen LogP contribution in [0.5, 0.6) is 5.75 Å². The fourth-order valence-corrected chi connectivity index (χ4v) is 3.17. The zero-order valence-corrected chi connectivity index (χ0v) is 15.0. The number of halogens is 3. The fourth-order valence-electron chi connectivity index (χ4n) is 3.17. The average Bonchev–Trinajstić information content (AvgIpc) is 2.78. The topological polar surface area (TPSA) is 32.8 Å². The summed E-state index contributed by atoms with van der Waals surface area (Å²) in [5.74, 6) is -0.254. The lowest BCUT2D eigenvalue weighted by atomic mass is 10.1. The first-order chi connectivity index (χ1) is 12.8. The van der Waals surface area contributed by atoms with Gasteiger partial charge in [-0.05, 0) is 42.8 Å². The number of nitrogens with zero attached hydrogens (tertiary/aromatic N) is 2. The zero-order valence-electron chi connectivity index (χ0n) is 15.0. The van der Waals surface area contributed by atoms with Crippen molar-refractivity contribution in [3.8, 4) is 5.75 Å². The molecule has 0 N–H and O–H groups in total. The van der Waals surface area contributed by atoms with E-state index < -0.39 is 6.36 Å². The SMILES string of the molecule is CN1CCN(C(=O)CCc2ccc(OC(F)(F)F)cc2)c2ccccc2C1. The molecule has 0 aliphatic carbocycles. The second-order valence-electron chi connectivity index (χ2n) is 6.60. The molecular weight excluding hydrogens is 357 g/mol. The third kappa shape index (κ3) is 5.23. The third-order valence-electron chi connectivity index (χ3n) is 4.51. The van der Waals surface area contributed by atoms with Gasteiger partial charge in [0.1, 0.15) is 5.75 Å². The van der Waals surface area contributed by atoms with Crippen molar-refractivity contribution >= 4 is 11.6 Å². The number of carbonyl (C=O) groups excluding carboxylic acids is 1. The molecule has 144 valence electrons. The van der Waals surface area contributed by atoms with Crippen molar-refractivity contribution in [2.75, 3.05) is 25.0 Å². The van der Waals surface area contributed by atoms with Crippen molar-refractivity contribution < 1.29 is 22.7 Å². The predicted octanol–water partition coefficient (Wildman–Crippen LogP) is 4.00. The van der Waals surface area contributed by atoms with E-state index in [4.69, 9.17) is 0 Å². The number of fused-ring (bicyclic) bond motifs is 1. The molecule has 0 bridgehead atoms. The largest absolute Gasteiger partial charge is 0.573 e. The van der Waals surface area contributed by atoms with Gasteiger partial charge in [-0.2, -0.15) is 0 Å². The highest BCUT2D eigenvalue weighted by molar-refractivity contribution is 5.94. The molecule has 1 amide bonds. The molecule has 4 nitrogen and oxygen atoms in total. The minimum Gasteiger partial charge on any atom is -0.406 e. The number of para-hydroxylation sites is 1. The van der Waals surface area contributed by atoms with Gasteiger partial charge in [-0.3, -0.25) is 4.79 Å². The number of rotatable bonds is 4. The van der Waals surface area contributed by atoms with Crippen molar-refractivity contribution in [3.05, 3.63) is 59.7 Å². The first-order valence-corrected chi connectivity index (χ1v) is 8.73. The van der Waals surface area contributed by atoms with Gasteiger partial charge in [0.05, 0.1) is 0 Å². The highest BCUT2D eigenvalue weighted by atomic mass is 19.4. The van der Waals surface area contributed by atoms with Gasteiger partial charge in [-0.1, -0.05) is 30.3 Å². The Morgan fingerprint density at radius 1 is 1.07 bits per heavy atom. The van der Waals surface area contributed by atoms with E-state index in [1.807, 2.05) is 31.3 Å². The van der Waals surface area contributed by atoms with Gasteiger partial charge in [0.2, 0.25) is 5.91 Å². The molecule has 1 aliphatic rings. The molecule has 0 fully saturated rings. The van der Waals surface area contributed by atoms with Crippen LogP contribution in [0.1, 0.15) is 17.5 Å². The van der Waals surface area contributed by atoms with Gasteiger partial charge in [0, 0.05) is 31.7 Å². The second-order valence-corrected chi connectivity index (χ2v) is 6.60. The van der Waals surface area contributed by atoms with E-state index in [2.05, 4.69) is 9.64 Å². The number of benzene rings is 2. The smallest absolute Gasteiger partial charge is 0.406 e. The minimum atomic E-state index is -4.70. The zero-order chi connectivity index (χ0) is 19.4. The number of likely N-dealkylation sites (N-methyl/N-ethyl adjacent to an activating group) is 1. The van der Waals surface area contributed by atoms with Crippen LogP contribution in [0.15, 0.2) is 48.5 Å². The minimum absolute atomic E-state index is 0.00775. The van der Waals surface area contributed by atoms with Crippen LogP contribution in [0.2, 0.25) is 0 Å². The maximum atomic E-state index is 12.8. The lowest BCUT2D eigenvalue weighted by Crippen LogP contribution is -2.35. The molecule has 2 aromatic rings. The standard InChI is InChI=1S/C20H21F3N2O2/c1-24-12-13-25(18-5-3-2-4-16(18)14-24)19(26)11-8-15-6-9-17(10-7-15)27-20(21,22)23/h2-7,9-10H,8,11-14H2,1H3. The normalized spacial score (nSPS) is 15.2. The van der Waals surface area contributed by atoms with E-state index in [-0.39, 0.29) is 18.1 Å². The molecule has 7 heteroatoms. The van der Waals surface area contributed by atoms with Crippen LogP contribution < -0.4 is 9.64 Å². The molecule has 0 saturated carbocycles. The monoisotopic (exact) mass is 378 g/mol. The maximum absolute atomic E-state index is 12.8. The Balaban J connectivity index is 1.64. The van der Waals surface area contributed by atoms with E-state index in [1.165, 1.54) is 12.1 Å². The summed E-state index contributed by atoms with van der Waals surface area (Å²) in [6.07, 6.45) is -3.96. The first kappa shape index (κ1) is 19.2. The van der Waals surface area contributed by atoms with Crippen LogP contribution in [0.3, 0.4) is 0 Å². The molecular formula is C20H21F3N2O2. The van der Waals surface area contributed by atoms with E-state index in [9.17, 15) is 18.0 Å². The van der Waals surface area contributed by atoms with Gasteiger partial charge in [-0.25, -0.2) is 0 Å². The molecule has 27 heavy (non-hydrogen) atoms. The molecule has 3 rings (SSSR count). The molecule has 0 spiro atoms. The van der Waals surface area contributed by atoms with E-state index in [1.54, 1.807) is 17.0 Å². The molecule has 1 aliphatic heterocycles. The molecule has 0 radical (unpaired) electrons. The number of carbonyl (C=O) groups is 1. The number of anilines is 1. The quantitative estimate of drug-likeness (QED) is 0.806. The van der Waals surface area contributed by atoms with Crippen molar-refractivity contribution in [2.45, 2.75) is 25.7 Å². The number of aryl methyl sites for hydroxylation is 1.